The van der Waals surface area contributed by atoms with Gasteiger partial charge in [0.2, 0.25) is 5.91 Å². The molecule has 0 aromatic heterocycles. The lowest BCUT2D eigenvalue weighted by atomic mass is 10.2. The summed E-state index contributed by atoms with van der Waals surface area (Å²) in [5.74, 6) is -0.501. The Morgan fingerprint density at radius 1 is 1.54 bits per heavy atom. The van der Waals surface area contributed by atoms with Crippen LogP contribution in [0.4, 0.5) is 10.1 Å². The van der Waals surface area contributed by atoms with Crippen LogP contribution in [0.2, 0.25) is 0 Å². The summed E-state index contributed by atoms with van der Waals surface area (Å²) in [5.41, 5.74) is 1.39. The number of nitrogens with one attached hydrogen (secondary N) is 1. The van der Waals surface area contributed by atoms with Crippen LogP contribution in [-0.2, 0) is 4.79 Å². The summed E-state index contributed by atoms with van der Waals surface area (Å²) < 4.78 is 13.6. The molecule has 70 valence electrons. The first kappa shape index (κ1) is 10.4. The fourth-order valence-electron chi connectivity index (χ4n) is 0.971. The molecule has 0 aliphatic rings. The van der Waals surface area contributed by atoms with Crippen LogP contribution in [0.3, 0.4) is 0 Å². The number of carbonyl (C=O) groups is 1. The van der Waals surface area contributed by atoms with E-state index in [9.17, 15) is 9.18 Å². The number of hydrogen-bond donors (Lipinski definition) is 1. The molecule has 0 unspecified atom stereocenters. The average molecular weight is 293 g/mol. The van der Waals surface area contributed by atoms with Crippen LogP contribution < -0.4 is 5.32 Å². The first-order valence-electron chi connectivity index (χ1n) is 3.74. The van der Waals surface area contributed by atoms with E-state index in [1.54, 1.807) is 6.07 Å². The van der Waals surface area contributed by atoms with Gasteiger partial charge in [0.05, 0.1) is 0 Å². The fourth-order valence-corrected chi connectivity index (χ4v) is 1.59. The van der Waals surface area contributed by atoms with Gasteiger partial charge in [0.25, 0.3) is 0 Å². The minimum atomic E-state index is -0.310. The standard InChI is InChI=1S/C9H9FINO/c1-5-3-8(11)7(10)4-9(5)12-6(2)13/h3-4H,1-2H3,(H,12,13). The fraction of sp³-hybridized carbons (Fsp3) is 0.222. The van der Waals surface area contributed by atoms with Crippen LogP contribution in [0.1, 0.15) is 12.5 Å². The lowest BCUT2D eigenvalue weighted by molar-refractivity contribution is -0.114. The first-order chi connectivity index (χ1) is 6.00. The van der Waals surface area contributed by atoms with Crippen molar-refractivity contribution in [2.24, 2.45) is 0 Å². The van der Waals surface area contributed by atoms with Gasteiger partial charge < -0.3 is 5.32 Å². The van der Waals surface area contributed by atoms with Crippen molar-refractivity contribution in [2.45, 2.75) is 13.8 Å². The Morgan fingerprint density at radius 2 is 2.15 bits per heavy atom. The van der Waals surface area contributed by atoms with Gasteiger partial charge in [-0.1, -0.05) is 0 Å². The molecule has 2 nitrogen and oxygen atoms in total. The van der Waals surface area contributed by atoms with E-state index in [-0.39, 0.29) is 11.7 Å². The van der Waals surface area contributed by atoms with Crippen LogP contribution >= 0.6 is 22.6 Å². The summed E-state index contributed by atoms with van der Waals surface area (Å²) >= 11 is 1.91. The van der Waals surface area contributed by atoms with Crippen LogP contribution in [0, 0.1) is 16.3 Å². The van der Waals surface area contributed by atoms with Gasteiger partial charge in [-0.25, -0.2) is 4.39 Å². The molecule has 0 fully saturated rings. The Hall–Kier alpha value is -0.650. The molecule has 1 aromatic rings. The molecular weight excluding hydrogens is 284 g/mol. The molecule has 1 rings (SSSR count). The molecule has 1 N–H and O–H groups in total. The quantitative estimate of drug-likeness (QED) is 0.793. The molecule has 0 saturated carbocycles. The van der Waals surface area contributed by atoms with Gasteiger partial charge in [0.1, 0.15) is 5.82 Å². The monoisotopic (exact) mass is 293 g/mol. The van der Waals surface area contributed by atoms with Gasteiger partial charge in [-0.3, -0.25) is 4.79 Å². The second-order valence-corrected chi connectivity index (χ2v) is 3.92. The van der Waals surface area contributed by atoms with E-state index in [0.717, 1.165) is 5.56 Å². The summed E-state index contributed by atoms with van der Waals surface area (Å²) in [7, 11) is 0. The highest BCUT2D eigenvalue weighted by atomic mass is 127. The van der Waals surface area contributed by atoms with Crippen LogP contribution in [-0.4, -0.2) is 5.91 Å². The van der Waals surface area contributed by atoms with Crippen LogP contribution in [0.15, 0.2) is 12.1 Å². The number of halogens is 2. The molecule has 0 saturated heterocycles. The lowest BCUT2D eigenvalue weighted by Crippen LogP contribution is -2.07. The minimum absolute atomic E-state index is 0.191. The zero-order valence-electron chi connectivity index (χ0n) is 7.32. The third-order valence-electron chi connectivity index (χ3n) is 1.58. The number of hydrogen-bond acceptors (Lipinski definition) is 1. The number of anilines is 1. The van der Waals surface area contributed by atoms with Gasteiger partial charge in [-0.15, -0.1) is 0 Å². The third-order valence-corrected chi connectivity index (χ3v) is 2.40. The Kier molecular flexibility index (Phi) is 3.24. The van der Waals surface area contributed by atoms with Gasteiger partial charge >= 0.3 is 0 Å². The summed E-state index contributed by atoms with van der Waals surface area (Å²) in [4.78, 5) is 10.7. The Morgan fingerprint density at radius 3 is 2.69 bits per heavy atom. The molecule has 0 aliphatic carbocycles. The van der Waals surface area contributed by atoms with E-state index >= 15 is 0 Å². The summed E-state index contributed by atoms with van der Waals surface area (Å²) in [6.45, 7) is 3.22. The number of amides is 1. The molecule has 1 amide bonds. The average Bonchev–Trinajstić information content (AvgIpc) is 1.99. The van der Waals surface area contributed by atoms with Crippen molar-refractivity contribution in [3.63, 3.8) is 0 Å². The largest absolute Gasteiger partial charge is 0.326 e. The van der Waals surface area contributed by atoms with Crippen molar-refractivity contribution in [3.05, 3.63) is 27.1 Å². The third kappa shape index (κ3) is 2.65. The van der Waals surface area contributed by atoms with Crippen molar-refractivity contribution in [1.82, 2.24) is 0 Å². The van der Waals surface area contributed by atoms with Gasteiger partial charge in [0.15, 0.2) is 0 Å². The molecule has 13 heavy (non-hydrogen) atoms. The maximum absolute atomic E-state index is 13.1. The number of aryl methyl sites for hydroxylation is 1. The van der Waals surface area contributed by atoms with Gasteiger partial charge in [-0.2, -0.15) is 0 Å². The van der Waals surface area contributed by atoms with E-state index < -0.39 is 0 Å². The van der Waals surface area contributed by atoms with Crippen molar-refractivity contribution >= 4 is 34.2 Å². The minimum Gasteiger partial charge on any atom is -0.326 e. The van der Waals surface area contributed by atoms with E-state index in [2.05, 4.69) is 5.32 Å². The van der Waals surface area contributed by atoms with Crippen LogP contribution in [0.25, 0.3) is 0 Å². The Labute approximate surface area is 89.7 Å². The maximum atomic E-state index is 13.1. The number of rotatable bonds is 1. The highest BCUT2D eigenvalue weighted by molar-refractivity contribution is 14.1. The highest BCUT2D eigenvalue weighted by Gasteiger charge is 2.05. The smallest absolute Gasteiger partial charge is 0.221 e. The first-order valence-corrected chi connectivity index (χ1v) is 4.82. The molecule has 0 radical (unpaired) electrons. The second-order valence-electron chi connectivity index (χ2n) is 2.76. The maximum Gasteiger partial charge on any atom is 0.221 e. The van der Waals surface area contributed by atoms with E-state index in [4.69, 9.17) is 0 Å². The lowest BCUT2D eigenvalue weighted by Gasteiger charge is -2.07. The Bertz CT molecular complexity index is 352. The zero-order chi connectivity index (χ0) is 10.0. The molecule has 1 aromatic carbocycles. The molecule has 0 aliphatic heterocycles. The predicted octanol–water partition coefficient (Wildman–Crippen LogP) is 2.70. The molecular formula is C9H9FINO. The van der Waals surface area contributed by atoms with Gasteiger partial charge in [-0.05, 0) is 47.2 Å². The summed E-state index contributed by atoms with van der Waals surface area (Å²) in [6.07, 6.45) is 0. The normalized spacial score (nSPS) is 9.85. The zero-order valence-corrected chi connectivity index (χ0v) is 9.48. The molecule has 0 heterocycles. The predicted molar refractivity (Wildman–Crippen MR) is 58.2 cm³/mol. The van der Waals surface area contributed by atoms with Crippen molar-refractivity contribution in [1.29, 1.82) is 0 Å². The second kappa shape index (κ2) is 4.04. The van der Waals surface area contributed by atoms with Crippen molar-refractivity contribution in [2.75, 3.05) is 5.32 Å². The van der Waals surface area contributed by atoms with Crippen molar-refractivity contribution in [3.8, 4) is 0 Å². The molecule has 0 spiro atoms. The van der Waals surface area contributed by atoms with E-state index in [1.165, 1.54) is 13.0 Å². The number of carbonyl (C=O) groups excluding carboxylic acids is 1. The Balaban J connectivity index is 3.08. The van der Waals surface area contributed by atoms with Crippen molar-refractivity contribution < 1.29 is 9.18 Å². The SMILES string of the molecule is CC(=O)Nc1cc(F)c(I)cc1C. The summed E-state index contributed by atoms with van der Waals surface area (Å²) in [6, 6.07) is 3.03. The van der Waals surface area contributed by atoms with Gasteiger partial charge in [0, 0.05) is 16.2 Å². The summed E-state index contributed by atoms with van der Waals surface area (Å²) in [5, 5.41) is 2.56. The molecule has 0 atom stereocenters. The highest BCUT2D eigenvalue weighted by Crippen LogP contribution is 2.21. The molecule has 4 heteroatoms. The topological polar surface area (TPSA) is 29.1 Å². The molecule has 0 bridgehead atoms. The van der Waals surface area contributed by atoms with E-state index in [1.807, 2.05) is 29.5 Å². The number of benzene rings is 1. The van der Waals surface area contributed by atoms with E-state index in [0.29, 0.717) is 9.26 Å². The van der Waals surface area contributed by atoms with Crippen LogP contribution in [0.5, 0.6) is 0 Å².